The largest absolute Gasteiger partial charge is 0.392 e. The van der Waals surface area contributed by atoms with Gasteiger partial charge in [0.05, 0.1) is 29.7 Å². The lowest BCUT2D eigenvalue weighted by atomic mass is 10.1. The molecule has 0 aromatic heterocycles. The molecule has 1 fully saturated rings. The van der Waals surface area contributed by atoms with Gasteiger partial charge in [0.2, 0.25) is 5.91 Å². The van der Waals surface area contributed by atoms with Crippen LogP contribution in [0.25, 0.3) is 0 Å². The molecule has 0 radical (unpaired) electrons. The van der Waals surface area contributed by atoms with Crippen LogP contribution < -0.4 is 15.6 Å². The highest BCUT2D eigenvalue weighted by Crippen LogP contribution is 2.27. The third-order valence-corrected chi connectivity index (χ3v) is 7.43. The van der Waals surface area contributed by atoms with Crippen molar-refractivity contribution in [3.63, 3.8) is 0 Å². The standard InChI is InChI=1S/C34H41N5O5/c1-22-10-11-26(15-23(22)2)18-35-37-34(44)30-17-29(39-14-6-9-32(39)42)12-13-31(30)36-33(43)28-8-5-7-27(16-28)21-38(19-24(3)40)20-25(4)41/h5,7-8,10-13,15-18,24-25,40-41H,6,9,14,19-21H2,1-4H3,(H,36,43)(H,37,44)/b35-18+. The molecule has 0 bridgehead atoms. The number of hydrogen-bond acceptors (Lipinski definition) is 7. The molecule has 1 aliphatic rings. The van der Waals surface area contributed by atoms with Crippen LogP contribution >= 0.6 is 0 Å². The molecule has 2 atom stereocenters. The number of aryl methyl sites for hydroxylation is 2. The zero-order valence-electron chi connectivity index (χ0n) is 25.7. The molecule has 4 N–H and O–H groups in total. The zero-order chi connectivity index (χ0) is 31.8. The molecule has 0 aliphatic carbocycles. The molecular weight excluding hydrogens is 558 g/mol. The number of rotatable bonds is 12. The number of nitrogens with zero attached hydrogens (tertiary/aromatic N) is 3. The van der Waals surface area contributed by atoms with Crippen LogP contribution in [0.3, 0.4) is 0 Å². The van der Waals surface area contributed by atoms with Crippen molar-refractivity contribution in [1.29, 1.82) is 0 Å². The van der Waals surface area contributed by atoms with Gasteiger partial charge in [-0.1, -0.05) is 30.3 Å². The number of anilines is 2. The highest BCUT2D eigenvalue weighted by molar-refractivity contribution is 6.10. The van der Waals surface area contributed by atoms with Crippen molar-refractivity contribution < 1.29 is 24.6 Å². The Morgan fingerprint density at radius 1 is 0.977 bits per heavy atom. The monoisotopic (exact) mass is 599 g/mol. The molecule has 3 amide bonds. The smallest absolute Gasteiger partial charge is 0.273 e. The summed E-state index contributed by atoms with van der Waals surface area (Å²) in [6.07, 6.45) is 1.59. The summed E-state index contributed by atoms with van der Waals surface area (Å²) < 4.78 is 0. The summed E-state index contributed by atoms with van der Waals surface area (Å²) in [5.41, 5.74) is 7.89. The fourth-order valence-electron chi connectivity index (χ4n) is 5.20. The van der Waals surface area contributed by atoms with E-state index in [0.29, 0.717) is 43.9 Å². The first-order valence-corrected chi connectivity index (χ1v) is 14.8. The summed E-state index contributed by atoms with van der Waals surface area (Å²) in [4.78, 5) is 42.7. The van der Waals surface area contributed by atoms with Gasteiger partial charge in [0.25, 0.3) is 11.8 Å². The summed E-state index contributed by atoms with van der Waals surface area (Å²) >= 11 is 0. The Morgan fingerprint density at radius 2 is 1.73 bits per heavy atom. The lowest BCUT2D eigenvalue weighted by molar-refractivity contribution is -0.117. The third-order valence-electron chi connectivity index (χ3n) is 7.43. The number of amides is 3. The van der Waals surface area contributed by atoms with Gasteiger partial charge in [-0.3, -0.25) is 19.3 Å². The van der Waals surface area contributed by atoms with E-state index in [1.807, 2.05) is 43.0 Å². The van der Waals surface area contributed by atoms with Gasteiger partial charge in [-0.15, -0.1) is 0 Å². The average Bonchev–Trinajstić information content (AvgIpc) is 3.40. The van der Waals surface area contributed by atoms with E-state index in [1.54, 1.807) is 61.4 Å². The minimum atomic E-state index is -0.575. The molecule has 44 heavy (non-hydrogen) atoms. The van der Waals surface area contributed by atoms with Crippen molar-refractivity contribution in [2.75, 3.05) is 29.9 Å². The summed E-state index contributed by atoms with van der Waals surface area (Å²) in [7, 11) is 0. The quantitative estimate of drug-likeness (QED) is 0.184. The van der Waals surface area contributed by atoms with Crippen LogP contribution in [-0.2, 0) is 11.3 Å². The van der Waals surface area contributed by atoms with Gasteiger partial charge in [0.15, 0.2) is 0 Å². The second kappa shape index (κ2) is 14.9. The predicted molar refractivity (Wildman–Crippen MR) is 172 cm³/mol. The highest BCUT2D eigenvalue weighted by atomic mass is 16.3. The molecule has 3 aromatic rings. The first kappa shape index (κ1) is 32.5. The van der Waals surface area contributed by atoms with Gasteiger partial charge >= 0.3 is 0 Å². The van der Waals surface area contributed by atoms with Crippen LogP contribution in [0.1, 0.15) is 69.7 Å². The number of benzene rings is 3. The van der Waals surface area contributed by atoms with Crippen LogP contribution in [0.5, 0.6) is 0 Å². The molecule has 1 aliphatic heterocycles. The topological polar surface area (TPSA) is 135 Å². The summed E-state index contributed by atoms with van der Waals surface area (Å²) in [6.45, 7) is 9.13. The number of hydrogen-bond donors (Lipinski definition) is 4. The highest BCUT2D eigenvalue weighted by Gasteiger charge is 2.24. The summed E-state index contributed by atoms with van der Waals surface area (Å²) in [6, 6.07) is 17.9. The number of aliphatic hydroxyl groups excluding tert-OH is 2. The maximum absolute atomic E-state index is 13.4. The molecule has 0 saturated carbocycles. The lowest BCUT2D eigenvalue weighted by Crippen LogP contribution is -2.35. The van der Waals surface area contributed by atoms with E-state index in [2.05, 4.69) is 15.8 Å². The molecule has 3 aromatic carbocycles. The molecule has 10 heteroatoms. The van der Waals surface area contributed by atoms with E-state index in [0.717, 1.165) is 28.7 Å². The first-order valence-electron chi connectivity index (χ1n) is 14.8. The Hall–Kier alpha value is -4.38. The fourth-order valence-corrected chi connectivity index (χ4v) is 5.20. The fraction of sp³-hybridized carbons (Fsp3) is 0.353. The molecule has 232 valence electrons. The van der Waals surface area contributed by atoms with Crippen LogP contribution in [0.15, 0.2) is 65.8 Å². The molecule has 1 saturated heterocycles. The Labute approximate surface area is 258 Å². The van der Waals surface area contributed by atoms with Crippen LogP contribution in [0.2, 0.25) is 0 Å². The Balaban J connectivity index is 1.56. The Kier molecular flexibility index (Phi) is 11.0. The van der Waals surface area contributed by atoms with E-state index in [9.17, 15) is 24.6 Å². The second-order valence-corrected chi connectivity index (χ2v) is 11.5. The molecule has 2 unspecified atom stereocenters. The number of hydrazone groups is 1. The Bertz CT molecular complexity index is 1520. The number of aliphatic hydroxyl groups is 2. The van der Waals surface area contributed by atoms with E-state index in [4.69, 9.17) is 0 Å². The minimum Gasteiger partial charge on any atom is -0.392 e. The molecule has 10 nitrogen and oxygen atoms in total. The maximum atomic E-state index is 13.4. The maximum Gasteiger partial charge on any atom is 0.273 e. The predicted octanol–water partition coefficient (Wildman–Crippen LogP) is 4.01. The molecular formula is C34H41N5O5. The normalized spacial score (nSPS) is 14.7. The number of carbonyl (C=O) groups excluding carboxylic acids is 3. The van der Waals surface area contributed by atoms with E-state index in [1.165, 1.54) is 0 Å². The molecule has 0 spiro atoms. The SMILES string of the molecule is Cc1ccc(/C=N/NC(=O)c2cc(N3CCCC3=O)ccc2NC(=O)c2cccc(CN(CC(C)O)CC(C)O)c2)cc1C. The first-order chi connectivity index (χ1) is 21.0. The van der Waals surface area contributed by atoms with Crippen LogP contribution in [0.4, 0.5) is 11.4 Å². The van der Waals surface area contributed by atoms with Gasteiger partial charge in [-0.2, -0.15) is 5.10 Å². The van der Waals surface area contributed by atoms with Crippen molar-refractivity contribution in [2.24, 2.45) is 5.10 Å². The second-order valence-electron chi connectivity index (χ2n) is 11.5. The van der Waals surface area contributed by atoms with Gasteiger partial charge in [0, 0.05) is 43.9 Å². The van der Waals surface area contributed by atoms with Crippen molar-refractivity contribution in [3.05, 3.63) is 94.0 Å². The minimum absolute atomic E-state index is 0.0158. The van der Waals surface area contributed by atoms with Crippen molar-refractivity contribution in [2.45, 2.75) is 59.3 Å². The third kappa shape index (κ3) is 8.82. The number of nitrogens with one attached hydrogen (secondary N) is 2. The summed E-state index contributed by atoms with van der Waals surface area (Å²) in [5.74, 6) is -0.963. The van der Waals surface area contributed by atoms with E-state index >= 15 is 0 Å². The van der Waals surface area contributed by atoms with E-state index < -0.39 is 24.0 Å². The van der Waals surface area contributed by atoms with Gasteiger partial charge in [0.1, 0.15) is 0 Å². The van der Waals surface area contributed by atoms with Crippen LogP contribution in [0, 0.1) is 13.8 Å². The van der Waals surface area contributed by atoms with Gasteiger partial charge < -0.3 is 20.4 Å². The zero-order valence-corrected chi connectivity index (χ0v) is 25.7. The average molecular weight is 600 g/mol. The van der Waals surface area contributed by atoms with Crippen molar-refractivity contribution in [3.8, 4) is 0 Å². The summed E-state index contributed by atoms with van der Waals surface area (Å²) in [5, 5.41) is 26.7. The van der Waals surface area contributed by atoms with Crippen molar-refractivity contribution in [1.82, 2.24) is 10.3 Å². The van der Waals surface area contributed by atoms with Crippen LogP contribution in [-0.4, -0.2) is 70.9 Å². The Morgan fingerprint density at radius 3 is 2.39 bits per heavy atom. The molecule has 4 rings (SSSR count). The lowest BCUT2D eigenvalue weighted by Gasteiger charge is -2.25. The van der Waals surface area contributed by atoms with Gasteiger partial charge in [-0.25, -0.2) is 5.43 Å². The number of carbonyl (C=O) groups is 3. The van der Waals surface area contributed by atoms with Crippen molar-refractivity contribution >= 4 is 35.3 Å². The van der Waals surface area contributed by atoms with Gasteiger partial charge in [-0.05, 0) is 86.7 Å². The van der Waals surface area contributed by atoms with E-state index in [-0.39, 0.29) is 17.2 Å². The molecule has 1 heterocycles.